The number of benzene rings is 3. The van der Waals surface area contributed by atoms with Crippen molar-refractivity contribution in [3.05, 3.63) is 89.9 Å². The highest BCUT2D eigenvalue weighted by molar-refractivity contribution is 7.80. The molecule has 0 saturated carbocycles. The summed E-state index contributed by atoms with van der Waals surface area (Å²) in [5, 5.41) is 5.89. The molecule has 0 aliphatic heterocycles. The van der Waals surface area contributed by atoms with Gasteiger partial charge in [-0.3, -0.25) is 9.78 Å². The first-order chi connectivity index (χ1) is 19.0. The number of rotatable bonds is 7. The number of pyridine rings is 1. The molecule has 0 atom stereocenters. The molecule has 40 heavy (non-hydrogen) atoms. The van der Waals surface area contributed by atoms with Crippen LogP contribution < -0.4 is 20.1 Å². The molecule has 1 aromatic heterocycles. The van der Waals surface area contributed by atoms with E-state index in [4.69, 9.17) is 26.4 Å². The van der Waals surface area contributed by atoms with Crippen molar-refractivity contribution >= 4 is 45.8 Å². The first-order valence-electron chi connectivity index (χ1n) is 12.3. The van der Waals surface area contributed by atoms with E-state index in [1.54, 1.807) is 45.0 Å². The maximum absolute atomic E-state index is 15.0. The zero-order valence-electron chi connectivity index (χ0n) is 22.4. The van der Waals surface area contributed by atoms with Gasteiger partial charge in [-0.25, -0.2) is 9.18 Å². The lowest BCUT2D eigenvalue weighted by Gasteiger charge is -2.20. The number of methoxy groups -OCH3 is 1. The number of nitrogens with one attached hydrogen (secondary N) is 2. The third-order valence-electron chi connectivity index (χ3n) is 5.51. The van der Waals surface area contributed by atoms with E-state index >= 15 is 4.39 Å². The third kappa shape index (κ3) is 7.29. The van der Waals surface area contributed by atoms with Crippen LogP contribution in [0.5, 0.6) is 17.2 Å². The van der Waals surface area contributed by atoms with Gasteiger partial charge in [-0.15, -0.1) is 0 Å². The van der Waals surface area contributed by atoms with Gasteiger partial charge < -0.3 is 24.8 Å². The molecule has 3 aromatic carbocycles. The quantitative estimate of drug-likeness (QED) is 0.204. The number of halogens is 1. The van der Waals surface area contributed by atoms with Crippen LogP contribution in [0.4, 0.5) is 10.1 Å². The van der Waals surface area contributed by atoms with Gasteiger partial charge in [0, 0.05) is 29.4 Å². The Kier molecular flexibility index (Phi) is 8.59. The Balaban J connectivity index is 1.50. The number of aromatic nitrogens is 1. The van der Waals surface area contributed by atoms with Crippen molar-refractivity contribution in [2.75, 3.05) is 12.4 Å². The zero-order valence-corrected chi connectivity index (χ0v) is 23.2. The van der Waals surface area contributed by atoms with Crippen LogP contribution in [-0.2, 0) is 16.0 Å². The maximum atomic E-state index is 15.0. The fraction of sp³-hybridized carbons (Fsp3) is 0.200. The molecule has 1 heterocycles. The molecule has 206 valence electrons. The standard InChI is InChI=1S/C30H28FN3O5S/c1-30(2,3)39-28(36)21-16-20-23(17-26(21)37-4)32-13-12-24(20)38-25-11-10-19(15-22(25)31)33-29(40)34-27(35)14-18-8-6-5-7-9-18/h5-13,15-17H,14H2,1-4H3,(H2,33,34,35,40). The first kappa shape index (κ1) is 28.4. The average Bonchev–Trinajstić information content (AvgIpc) is 2.89. The van der Waals surface area contributed by atoms with Crippen LogP contribution in [0.1, 0.15) is 36.7 Å². The van der Waals surface area contributed by atoms with Gasteiger partial charge in [0.15, 0.2) is 16.7 Å². The number of ether oxygens (including phenoxy) is 3. The summed E-state index contributed by atoms with van der Waals surface area (Å²) in [5.41, 5.74) is 1.13. The Labute approximate surface area is 236 Å². The van der Waals surface area contributed by atoms with Gasteiger partial charge >= 0.3 is 5.97 Å². The summed E-state index contributed by atoms with van der Waals surface area (Å²) < 4.78 is 31.8. The summed E-state index contributed by atoms with van der Waals surface area (Å²) in [6.07, 6.45) is 1.67. The van der Waals surface area contributed by atoms with Crippen molar-refractivity contribution < 1.29 is 28.2 Å². The number of esters is 1. The molecule has 8 nitrogen and oxygen atoms in total. The van der Waals surface area contributed by atoms with Crippen molar-refractivity contribution in [3.63, 3.8) is 0 Å². The Bertz CT molecular complexity index is 1570. The Morgan fingerprint density at radius 3 is 2.40 bits per heavy atom. The lowest BCUT2D eigenvalue weighted by atomic mass is 10.1. The van der Waals surface area contributed by atoms with E-state index in [1.165, 1.54) is 25.4 Å². The van der Waals surface area contributed by atoms with E-state index < -0.39 is 17.4 Å². The molecule has 4 rings (SSSR count). The van der Waals surface area contributed by atoms with E-state index in [0.29, 0.717) is 22.3 Å². The van der Waals surface area contributed by atoms with Crippen LogP contribution in [0, 0.1) is 5.82 Å². The van der Waals surface area contributed by atoms with Crippen LogP contribution >= 0.6 is 12.2 Å². The SMILES string of the molecule is COc1cc2nccc(Oc3ccc(NC(=S)NC(=O)Cc4ccccc4)cc3F)c2cc1C(=O)OC(C)(C)C. The van der Waals surface area contributed by atoms with E-state index in [-0.39, 0.29) is 34.5 Å². The largest absolute Gasteiger partial charge is 0.496 e. The van der Waals surface area contributed by atoms with Crippen molar-refractivity contribution in [2.45, 2.75) is 32.8 Å². The lowest BCUT2D eigenvalue weighted by molar-refractivity contribution is -0.119. The van der Waals surface area contributed by atoms with Crippen molar-refractivity contribution in [1.29, 1.82) is 0 Å². The fourth-order valence-electron chi connectivity index (χ4n) is 3.79. The van der Waals surface area contributed by atoms with Gasteiger partial charge in [0.2, 0.25) is 5.91 Å². The highest BCUT2D eigenvalue weighted by Gasteiger charge is 2.23. The number of hydrogen-bond donors (Lipinski definition) is 2. The molecular formula is C30H28FN3O5S. The summed E-state index contributed by atoms with van der Waals surface area (Å²) in [6.45, 7) is 5.30. The van der Waals surface area contributed by atoms with Gasteiger partial charge in [-0.1, -0.05) is 30.3 Å². The Hall–Kier alpha value is -4.57. The lowest BCUT2D eigenvalue weighted by Crippen LogP contribution is -2.35. The van der Waals surface area contributed by atoms with Gasteiger partial charge in [-0.2, -0.15) is 0 Å². The Morgan fingerprint density at radius 1 is 0.975 bits per heavy atom. The van der Waals surface area contributed by atoms with Crippen molar-refractivity contribution in [1.82, 2.24) is 10.3 Å². The number of hydrogen-bond acceptors (Lipinski definition) is 7. The molecule has 0 bridgehead atoms. The number of thiocarbonyl (C=S) groups is 1. The minimum absolute atomic E-state index is 0.0396. The number of nitrogens with zero attached hydrogens (tertiary/aromatic N) is 1. The number of amides is 1. The molecule has 0 unspecified atom stereocenters. The summed E-state index contributed by atoms with van der Waals surface area (Å²) in [5.74, 6) is -1.04. The molecule has 0 aliphatic carbocycles. The predicted molar refractivity (Wildman–Crippen MR) is 154 cm³/mol. The van der Waals surface area contributed by atoms with Crippen LogP contribution in [0.25, 0.3) is 10.9 Å². The molecule has 0 aliphatic rings. The number of anilines is 1. The third-order valence-corrected chi connectivity index (χ3v) is 5.72. The maximum Gasteiger partial charge on any atom is 0.342 e. The molecule has 4 aromatic rings. The minimum Gasteiger partial charge on any atom is -0.496 e. The van der Waals surface area contributed by atoms with Gasteiger partial charge in [0.1, 0.15) is 22.7 Å². The predicted octanol–water partition coefficient (Wildman–Crippen LogP) is 6.19. The molecule has 0 spiro atoms. The molecule has 0 radical (unpaired) electrons. The zero-order chi connectivity index (χ0) is 28.9. The second-order valence-electron chi connectivity index (χ2n) is 9.79. The minimum atomic E-state index is -0.711. The topological polar surface area (TPSA) is 98.8 Å². The monoisotopic (exact) mass is 561 g/mol. The number of fused-ring (bicyclic) bond motifs is 1. The summed E-state index contributed by atoms with van der Waals surface area (Å²) in [6, 6.07) is 18.1. The highest BCUT2D eigenvalue weighted by Crippen LogP contribution is 2.35. The van der Waals surface area contributed by atoms with Crippen molar-refractivity contribution in [3.8, 4) is 17.2 Å². The number of carbonyl (C=O) groups is 2. The second kappa shape index (κ2) is 12.1. The van der Waals surface area contributed by atoms with Gasteiger partial charge in [0.05, 0.1) is 19.0 Å². The van der Waals surface area contributed by atoms with E-state index in [1.807, 2.05) is 30.3 Å². The average molecular weight is 562 g/mol. The van der Waals surface area contributed by atoms with Gasteiger partial charge in [0.25, 0.3) is 0 Å². The molecule has 1 amide bonds. The van der Waals surface area contributed by atoms with E-state index in [9.17, 15) is 9.59 Å². The van der Waals surface area contributed by atoms with E-state index in [2.05, 4.69) is 15.6 Å². The molecule has 0 saturated heterocycles. The molecular weight excluding hydrogens is 533 g/mol. The Morgan fingerprint density at radius 2 is 1.73 bits per heavy atom. The smallest absolute Gasteiger partial charge is 0.342 e. The highest BCUT2D eigenvalue weighted by atomic mass is 32.1. The molecule has 10 heteroatoms. The second-order valence-corrected chi connectivity index (χ2v) is 10.2. The van der Waals surface area contributed by atoms with Gasteiger partial charge in [-0.05, 0) is 62.8 Å². The summed E-state index contributed by atoms with van der Waals surface area (Å²) in [7, 11) is 1.45. The summed E-state index contributed by atoms with van der Waals surface area (Å²) in [4.78, 5) is 29.4. The van der Waals surface area contributed by atoms with Crippen LogP contribution in [0.2, 0.25) is 0 Å². The fourth-order valence-corrected chi connectivity index (χ4v) is 4.02. The number of carbonyl (C=O) groups excluding carboxylic acids is 2. The van der Waals surface area contributed by atoms with Crippen LogP contribution in [0.3, 0.4) is 0 Å². The normalized spacial score (nSPS) is 11.0. The molecule has 0 fully saturated rings. The van der Waals surface area contributed by atoms with Crippen molar-refractivity contribution in [2.24, 2.45) is 0 Å². The first-order valence-corrected chi connectivity index (χ1v) is 12.8. The van der Waals surface area contributed by atoms with Crippen LogP contribution in [-0.4, -0.2) is 34.7 Å². The van der Waals surface area contributed by atoms with E-state index in [0.717, 1.165) is 5.56 Å². The molecule has 2 N–H and O–H groups in total. The summed E-state index contributed by atoms with van der Waals surface area (Å²) >= 11 is 5.20. The van der Waals surface area contributed by atoms with Crippen LogP contribution in [0.15, 0.2) is 72.9 Å².